The van der Waals surface area contributed by atoms with E-state index in [0.29, 0.717) is 30.0 Å². The molecule has 4 aromatic rings. The predicted molar refractivity (Wildman–Crippen MR) is 123 cm³/mol. The maximum absolute atomic E-state index is 12.7. The average Bonchev–Trinajstić information content (AvgIpc) is 3.37. The Morgan fingerprint density at radius 3 is 2.68 bits per heavy atom. The third-order valence-corrected chi connectivity index (χ3v) is 8.00. The first kappa shape index (κ1) is 19.7. The zero-order chi connectivity index (χ0) is 21.4. The molecule has 0 spiro atoms. The van der Waals surface area contributed by atoms with Crippen LogP contribution in [0.1, 0.15) is 16.8 Å². The zero-order valence-electron chi connectivity index (χ0n) is 16.4. The van der Waals surface area contributed by atoms with E-state index in [9.17, 15) is 13.2 Å². The Labute approximate surface area is 183 Å². The first-order valence-corrected chi connectivity index (χ1v) is 12.2. The zero-order valence-corrected chi connectivity index (χ0v) is 18.0. The summed E-state index contributed by atoms with van der Waals surface area (Å²) in [4.78, 5) is 21.6. The second kappa shape index (κ2) is 7.75. The highest BCUT2D eigenvalue weighted by molar-refractivity contribution is 7.93. The molecule has 31 heavy (non-hydrogen) atoms. The minimum Gasteiger partial charge on any atom is -0.307 e. The molecule has 0 radical (unpaired) electrons. The largest absolute Gasteiger partial charge is 0.307 e. The Balaban J connectivity index is 1.33. The summed E-state index contributed by atoms with van der Waals surface area (Å²) in [6.45, 7) is 0.433. The second-order valence-electron chi connectivity index (χ2n) is 7.17. The number of anilines is 2. The van der Waals surface area contributed by atoms with Crippen LogP contribution < -0.4 is 9.62 Å². The van der Waals surface area contributed by atoms with Crippen LogP contribution in [0.5, 0.6) is 0 Å². The van der Waals surface area contributed by atoms with Crippen LogP contribution in [0, 0.1) is 0 Å². The van der Waals surface area contributed by atoms with Gasteiger partial charge in [-0.25, -0.2) is 18.4 Å². The molecule has 1 aliphatic rings. The number of pyridine rings is 1. The lowest BCUT2D eigenvalue weighted by atomic mass is 10.2. The molecule has 1 N–H and O–H groups in total. The summed E-state index contributed by atoms with van der Waals surface area (Å²) in [5, 5.41) is 3.63. The van der Waals surface area contributed by atoms with Crippen LogP contribution in [0.2, 0.25) is 0 Å². The van der Waals surface area contributed by atoms with Gasteiger partial charge in [0.15, 0.2) is 0 Å². The van der Waals surface area contributed by atoms with E-state index in [1.165, 1.54) is 4.31 Å². The fourth-order valence-corrected chi connectivity index (χ4v) is 6.02. The highest BCUT2D eigenvalue weighted by Gasteiger charge is 2.28. The Bertz CT molecular complexity index is 1350. The van der Waals surface area contributed by atoms with Gasteiger partial charge < -0.3 is 5.32 Å². The molecule has 156 valence electrons. The van der Waals surface area contributed by atoms with Crippen LogP contribution in [0.15, 0.2) is 66.9 Å². The third kappa shape index (κ3) is 3.89. The monoisotopic (exact) mass is 450 g/mol. The van der Waals surface area contributed by atoms with Gasteiger partial charge in [0.25, 0.3) is 5.91 Å². The number of rotatable bonds is 4. The number of carbonyl (C=O) groups is 1. The number of nitrogens with one attached hydrogen (secondary N) is 1. The number of fused-ring (bicyclic) bond motifs is 1. The van der Waals surface area contributed by atoms with E-state index in [2.05, 4.69) is 15.3 Å². The summed E-state index contributed by atoms with van der Waals surface area (Å²) in [6, 6.07) is 18.2. The van der Waals surface area contributed by atoms with E-state index < -0.39 is 10.0 Å². The summed E-state index contributed by atoms with van der Waals surface area (Å²) in [5.41, 5.74) is 2.70. The second-order valence-corrected chi connectivity index (χ2v) is 10.2. The van der Waals surface area contributed by atoms with Crippen LogP contribution in [-0.2, 0) is 10.0 Å². The van der Waals surface area contributed by atoms with Crippen molar-refractivity contribution in [3.05, 3.63) is 72.4 Å². The van der Waals surface area contributed by atoms with E-state index in [1.54, 1.807) is 47.9 Å². The van der Waals surface area contributed by atoms with Crippen molar-refractivity contribution < 1.29 is 13.2 Å². The minimum absolute atomic E-state index is 0.133. The number of carbonyl (C=O) groups excluding carboxylic acids is 1. The number of amides is 1. The molecule has 9 heteroatoms. The van der Waals surface area contributed by atoms with Crippen molar-refractivity contribution in [2.24, 2.45) is 0 Å². The molecule has 1 aliphatic heterocycles. The van der Waals surface area contributed by atoms with Crippen LogP contribution in [-0.4, -0.2) is 36.6 Å². The van der Waals surface area contributed by atoms with Gasteiger partial charge in [-0.2, -0.15) is 0 Å². The molecular formula is C22H18N4O3S2. The quantitative estimate of drug-likeness (QED) is 0.504. The number of benzene rings is 2. The van der Waals surface area contributed by atoms with Crippen molar-refractivity contribution in [2.75, 3.05) is 21.9 Å². The number of para-hydroxylation sites is 1. The number of hydrogen-bond donors (Lipinski definition) is 1. The van der Waals surface area contributed by atoms with Gasteiger partial charge in [-0.15, -0.1) is 11.3 Å². The van der Waals surface area contributed by atoms with Crippen molar-refractivity contribution in [1.82, 2.24) is 9.97 Å². The van der Waals surface area contributed by atoms with Crippen LogP contribution >= 0.6 is 11.3 Å². The van der Waals surface area contributed by atoms with Crippen molar-refractivity contribution >= 4 is 49.0 Å². The summed E-state index contributed by atoms with van der Waals surface area (Å²) in [5.74, 6) is 0.196. The summed E-state index contributed by atoms with van der Waals surface area (Å²) < 4.78 is 26.8. The molecule has 0 unspecified atom stereocenters. The van der Waals surface area contributed by atoms with E-state index in [4.69, 9.17) is 0 Å². The van der Waals surface area contributed by atoms with E-state index >= 15 is 0 Å². The molecule has 1 fully saturated rings. The van der Waals surface area contributed by atoms with E-state index in [0.717, 1.165) is 20.8 Å². The normalized spacial score (nSPS) is 15.3. The van der Waals surface area contributed by atoms with Gasteiger partial charge >= 0.3 is 0 Å². The molecule has 2 aromatic carbocycles. The number of nitrogens with zero attached hydrogens (tertiary/aromatic N) is 3. The minimum atomic E-state index is -3.30. The number of sulfonamides is 1. The fourth-order valence-electron chi connectivity index (χ4n) is 3.51. The molecule has 2 aromatic heterocycles. The summed E-state index contributed by atoms with van der Waals surface area (Å²) in [6.07, 6.45) is 2.27. The lowest BCUT2D eigenvalue weighted by molar-refractivity contribution is 0.102. The van der Waals surface area contributed by atoms with Gasteiger partial charge in [0, 0.05) is 23.9 Å². The number of aromatic nitrogens is 2. The lowest BCUT2D eigenvalue weighted by Crippen LogP contribution is -2.25. The van der Waals surface area contributed by atoms with Crippen LogP contribution in [0.4, 0.5) is 11.5 Å². The summed E-state index contributed by atoms with van der Waals surface area (Å²) >= 11 is 1.59. The van der Waals surface area contributed by atoms with E-state index in [1.807, 2.05) is 30.3 Å². The smallest absolute Gasteiger partial charge is 0.256 e. The maximum Gasteiger partial charge on any atom is 0.256 e. The first-order valence-electron chi connectivity index (χ1n) is 9.73. The van der Waals surface area contributed by atoms with Gasteiger partial charge in [0.05, 0.1) is 21.7 Å². The first-order chi connectivity index (χ1) is 15.0. The van der Waals surface area contributed by atoms with Crippen molar-refractivity contribution in [3.8, 4) is 10.6 Å². The summed E-state index contributed by atoms with van der Waals surface area (Å²) in [7, 11) is -3.30. The predicted octanol–water partition coefficient (Wildman–Crippen LogP) is 4.15. The topological polar surface area (TPSA) is 92.3 Å². The maximum atomic E-state index is 12.7. The Morgan fingerprint density at radius 2 is 1.94 bits per heavy atom. The van der Waals surface area contributed by atoms with Crippen molar-refractivity contribution in [1.29, 1.82) is 0 Å². The molecule has 0 atom stereocenters. The SMILES string of the molecule is O=C(Nc1ccc(-c2nc3ccccc3s2)cn1)c1cccc(N2CCCS2(=O)=O)c1. The number of hydrogen-bond acceptors (Lipinski definition) is 6. The van der Waals surface area contributed by atoms with E-state index in [-0.39, 0.29) is 11.7 Å². The van der Waals surface area contributed by atoms with Crippen LogP contribution in [0.25, 0.3) is 20.8 Å². The van der Waals surface area contributed by atoms with Crippen LogP contribution in [0.3, 0.4) is 0 Å². The average molecular weight is 451 g/mol. The molecular weight excluding hydrogens is 432 g/mol. The standard InChI is InChI=1S/C22H18N4O3S2/c27-21(15-5-3-6-17(13-15)26-11-4-12-31(26,28)29)25-20-10-9-16(14-23-20)22-24-18-7-1-2-8-19(18)30-22/h1-3,5-10,13-14H,4,11-12H2,(H,23,25,27). The molecule has 1 amide bonds. The van der Waals surface area contributed by atoms with Gasteiger partial charge in [-0.1, -0.05) is 18.2 Å². The Kier molecular flexibility index (Phi) is 4.91. The lowest BCUT2D eigenvalue weighted by Gasteiger charge is -2.17. The molecule has 7 nitrogen and oxygen atoms in total. The highest BCUT2D eigenvalue weighted by Crippen LogP contribution is 2.30. The third-order valence-electron chi connectivity index (χ3n) is 5.04. The Morgan fingerprint density at radius 1 is 1.06 bits per heavy atom. The molecule has 5 rings (SSSR count). The van der Waals surface area contributed by atoms with Crippen molar-refractivity contribution in [2.45, 2.75) is 6.42 Å². The highest BCUT2D eigenvalue weighted by atomic mass is 32.2. The molecule has 1 saturated heterocycles. The van der Waals surface area contributed by atoms with Gasteiger partial charge in [-0.05, 0) is 48.9 Å². The van der Waals surface area contributed by atoms with Crippen molar-refractivity contribution in [3.63, 3.8) is 0 Å². The molecule has 0 bridgehead atoms. The Hall–Kier alpha value is -3.30. The van der Waals surface area contributed by atoms with Gasteiger partial charge in [-0.3, -0.25) is 9.10 Å². The molecule has 0 saturated carbocycles. The fraction of sp³-hybridized carbons (Fsp3) is 0.136. The van der Waals surface area contributed by atoms with Gasteiger partial charge in [0.1, 0.15) is 10.8 Å². The number of thiazole rings is 1. The van der Waals surface area contributed by atoms with Gasteiger partial charge in [0.2, 0.25) is 10.0 Å². The molecule has 3 heterocycles. The molecule has 0 aliphatic carbocycles.